The minimum Gasteiger partial charge on any atom is -0.481 e. The number of hydrogen-bond acceptors (Lipinski definition) is 5. The number of rotatable bonds is 4. The quantitative estimate of drug-likeness (QED) is 0.633. The van der Waals surface area contributed by atoms with Crippen molar-refractivity contribution in [2.75, 3.05) is 7.11 Å². The summed E-state index contributed by atoms with van der Waals surface area (Å²) in [6.07, 6.45) is -4.55. The van der Waals surface area contributed by atoms with E-state index in [9.17, 15) is 23.3 Å². The van der Waals surface area contributed by atoms with Crippen LogP contribution < -0.4 is 9.47 Å². The van der Waals surface area contributed by atoms with E-state index in [-0.39, 0.29) is 11.6 Å². The van der Waals surface area contributed by atoms with Crippen LogP contribution in [-0.2, 0) is 6.18 Å². The van der Waals surface area contributed by atoms with Gasteiger partial charge < -0.3 is 9.47 Å². The van der Waals surface area contributed by atoms with Gasteiger partial charge in [-0.1, -0.05) is 6.07 Å². The predicted octanol–water partition coefficient (Wildman–Crippen LogP) is 3.81. The first kappa shape index (κ1) is 15.5. The van der Waals surface area contributed by atoms with Crippen LogP contribution in [0.25, 0.3) is 0 Å². The van der Waals surface area contributed by atoms with Crippen molar-refractivity contribution in [1.29, 1.82) is 0 Å². The van der Waals surface area contributed by atoms with E-state index in [4.69, 9.17) is 9.47 Å². The monoisotopic (exact) mass is 314 g/mol. The highest BCUT2D eigenvalue weighted by Crippen LogP contribution is 2.35. The van der Waals surface area contributed by atoms with Gasteiger partial charge in [-0.3, -0.25) is 10.1 Å². The summed E-state index contributed by atoms with van der Waals surface area (Å²) in [7, 11) is 1.29. The van der Waals surface area contributed by atoms with Gasteiger partial charge in [-0.2, -0.15) is 18.2 Å². The topological polar surface area (TPSA) is 74.5 Å². The van der Waals surface area contributed by atoms with Gasteiger partial charge in [0.25, 0.3) is 0 Å². The summed E-state index contributed by atoms with van der Waals surface area (Å²) in [6.45, 7) is 0. The van der Waals surface area contributed by atoms with Gasteiger partial charge >= 0.3 is 17.7 Å². The van der Waals surface area contributed by atoms with Gasteiger partial charge in [-0.25, -0.2) is 0 Å². The molecular formula is C13H9F3N2O4. The van der Waals surface area contributed by atoms with Gasteiger partial charge in [0.15, 0.2) is 0 Å². The van der Waals surface area contributed by atoms with Crippen LogP contribution in [0.15, 0.2) is 36.4 Å². The SMILES string of the molecule is COc1ccc([N+](=O)[O-])c(Oc2cccc(C(F)(F)F)c2)n1. The van der Waals surface area contributed by atoms with Crippen LogP contribution in [0.4, 0.5) is 18.9 Å². The molecule has 0 fully saturated rings. The molecule has 0 aliphatic heterocycles. The summed E-state index contributed by atoms with van der Waals surface area (Å²) in [5, 5.41) is 10.9. The summed E-state index contributed by atoms with van der Waals surface area (Å²) in [5.74, 6) is -0.644. The average molecular weight is 314 g/mol. The maximum atomic E-state index is 12.6. The molecule has 2 aromatic rings. The number of pyridine rings is 1. The molecule has 0 unspecified atom stereocenters. The highest BCUT2D eigenvalue weighted by Gasteiger charge is 2.31. The van der Waals surface area contributed by atoms with E-state index < -0.39 is 28.2 Å². The van der Waals surface area contributed by atoms with Crippen molar-refractivity contribution in [3.8, 4) is 17.5 Å². The second-order valence-electron chi connectivity index (χ2n) is 4.06. The highest BCUT2D eigenvalue weighted by atomic mass is 19.4. The number of halogens is 3. The summed E-state index contributed by atoms with van der Waals surface area (Å²) < 4.78 is 47.8. The number of methoxy groups -OCH3 is 1. The van der Waals surface area contributed by atoms with Crippen LogP contribution >= 0.6 is 0 Å². The van der Waals surface area contributed by atoms with E-state index in [0.717, 1.165) is 24.3 Å². The molecule has 2 rings (SSSR count). The Morgan fingerprint density at radius 2 is 1.95 bits per heavy atom. The first-order chi connectivity index (χ1) is 10.3. The van der Waals surface area contributed by atoms with Crippen molar-refractivity contribution >= 4 is 5.69 Å². The van der Waals surface area contributed by atoms with Gasteiger partial charge in [-0.15, -0.1) is 0 Å². The molecule has 22 heavy (non-hydrogen) atoms. The molecule has 0 spiro atoms. The first-order valence-electron chi connectivity index (χ1n) is 5.86. The summed E-state index contributed by atoms with van der Waals surface area (Å²) in [6, 6.07) is 6.29. The zero-order valence-electron chi connectivity index (χ0n) is 11.1. The first-order valence-corrected chi connectivity index (χ1v) is 5.86. The van der Waals surface area contributed by atoms with Gasteiger partial charge in [0.2, 0.25) is 5.88 Å². The maximum absolute atomic E-state index is 12.6. The second-order valence-corrected chi connectivity index (χ2v) is 4.06. The van der Waals surface area contributed by atoms with Crippen LogP contribution in [0.1, 0.15) is 5.56 Å². The smallest absolute Gasteiger partial charge is 0.416 e. The Morgan fingerprint density at radius 3 is 2.55 bits per heavy atom. The molecule has 1 aromatic heterocycles. The Labute approximate surface area is 122 Å². The lowest BCUT2D eigenvalue weighted by Crippen LogP contribution is -2.05. The highest BCUT2D eigenvalue weighted by molar-refractivity contribution is 5.45. The predicted molar refractivity (Wildman–Crippen MR) is 69.0 cm³/mol. The van der Waals surface area contributed by atoms with Gasteiger partial charge in [0.1, 0.15) is 5.75 Å². The molecule has 9 heteroatoms. The molecule has 116 valence electrons. The molecule has 1 aromatic carbocycles. The Kier molecular flexibility index (Phi) is 4.15. The molecule has 0 saturated heterocycles. The van der Waals surface area contributed by atoms with E-state index >= 15 is 0 Å². The van der Waals surface area contributed by atoms with E-state index in [1.54, 1.807) is 0 Å². The lowest BCUT2D eigenvalue weighted by Gasteiger charge is -2.10. The van der Waals surface area contributed by atoms with Crippen molar-refractivity contribution in [2.45, 2.75) is 6.18 Å². The third kappa shape index (κ3) is 3.43. The Bertz CT molecular complexity index is 704. The Balaban J connectivity index is 2.40. The van der Waals surface area contributed by atoms with Crippen LogP contribution in [0.2, 0.25) is 0 Å². The third-order valence-corrected chi connectivity index (χ3v) is 2.60. The number of benzene rings is 1. The fourth-order valence-corrected chi connectivity index (χ4v) is 1.59. The fraction of sp³-hybridized carbons (Fsp3) is 0.154. The average Bonchev–Trinajstić information content (AvgIpc) is 2.46. The summed E-state index contributed by atoms with van der Waals surface area (Å²) >= 11 is 0. The molecule has 0 amide bonds. The molecule has 0 aliphatic rings. The van der Waals surface area contributed by atoms with Gasteiger partial charge in [0, 0.05) is 12.1 Å². The lowest BCUT2D eigenvalue weighted by molar-refractivity contribution is -0.386. The molecule has 6 nitrogen and oxygen atoms in total. The van der Waals surface area contributed by atoms with E-state index in [0.29, 0.717) is 0 Å². The van der Waals surface area contributed by atoms with Crippen molar-refractivity contribution in [3.05, 3.63) is 52.1 Å². The largest absolute Gasteiger partial charge is 0.481 e. The molecule has 0 aliphatic carbocycles. The lowest BCUT2D eigenvalue weighted by atomic mass is 10.2. The molecule has 0 bridgehead atoms. The molecule has 0 N–H and O–H groups in total. The number of nitro groups is 1. The number of hydrogen-bond donors (Lipinski definition) is 0. The molecule has 1 heterocycles. The van der Waals surface area contributed by atoms with Crippen molar-refractivity contribution in [1.82, 2.24) is 4.98 Å². The standard InChI is InChI=1S/C13H9F3N2O4/c1-21-11-6-5-10(18(19)20)12(17-11)22-9-4-2-3-8(7-9)13(14,15)16/h2-7H,1H3. The Hall–Kier alpha value is -2.84. The third-order valence-electron chi connectivity index (χ3n) is 2.60. The van der Waals surface area contributed by atoms with Crippen molar-refractivity contribution < 1.29 is 27.6 Å². The number of alkyl halides is 3. The minimum atomic E-state index is -4.55. The van der Waals surface area contributed by atoms with Crippen LogP contribution in [0, 0.1) is 10.1 Å². The van der Waals surface area contributed by atoms with Gasteiger partial charge in [-0.05, 0) is 18.2 Å². The van der Waals surface area contributed by atoms with Crippen LogP contribution in [0.5, 0.6) is 17.5 Å². The Morgan fingerprint density at radius 1 is 1.23 bits per heavy atom. The second kappa shape index (κ2) is 5.88. The maximum Gasteiger partial charge on any atom is 0.416 e. The van der Waals surface area contributed by atoms with Crippen molar-refractivity contribution in [3.63, 3.8) is 0 Å². The zero-order valence-corrected chi connectivity index (χ0v) is 11.1. The van der Waals surface area contributed by atoms with E-state index in [2.05, 4.69) is 4.98 Å². The van der Waals surface area contributed by atoms with Crippen molar-refractivity contribution in [2.24, 2.45) is 0 Å². The van der Waals surface area contributed by atoms with E-state index in [1.807, 2.05) is 0 Å². The summed E-state index contributed by atoms with van der Waals surface area (Å²) in [4.78, 5) is 13.9. The normalized spacial score (nSPS) is 11.1. The zero-order chi connectivity index (χ0) is 16.3. The van der Waals surface area contributed by atoms with Crippen LogP contribution in [-0.4, -0.2) is 17.0 Å². The van der Waals surface area contributed by atoms with E-state index in [1.165, 1.54) is 19.2 Å². The molecule has 0 saturated carbocycles. The van der Waals surface area contributed by atoms with Crippen LogP contribution in [0.3, 0.4) is 0 Å². The number of ether oxygens (including phenoxy) is 2. The molecule has 0 atom stereocenters. The van der Waals surface area contributed by atoms with Gasteiger partial charge in [0.05, 0.1) is 17.6 Å². The number of nitrogens with zero attached hydrogens (tertiary/aromatic N) is 2. The summed E-state index contributed by atoms with van der Waals surface area (Å²) in [5.41, 5.74) is -1.42. The molecular weight excluding hydrogens is 305 g/mol. The number of aromatic nitrogens is 1. The minimum absolute atomic E-state index is 0.0348. The fourth-order valence-electron chi connectivity index (χ4n) is 1.59. The molecule has 0 radical (unpaired) electrons.